The predicted octanol–water partition coefficient (Wildman–Crippen LogP) is 6.15. The first-order valence-corrected chi connectivity index (χ1v) is 11.5. The Balaban J connectivity index is 1.68. The zero-order chi connectivity index (χ0) is 21.4. The number of fused-ring (bicyclic) bond motifs is 1. The molecule has 0 bridgehead atoms. The lowest BCUT2D eigenvalue weighted by atomic mass is 10.0. The van der Waals surface area contributed by atoms with Crippen LogP contribution in [-0.4, -0.2) is 26.5 Å². The van der Waals surface area contributed by atoms with Gasteiger partial charge in [0.05, 0.1) is 11.9 Å². The van der Waals surface area contributed by atoms with Gasteiger partial charge in [-0.25, -0.2) is 9.50 Å². The molecule has 1 aliphatic rings. The van der Waals surface area contributed by atoms with Crippen molar-refractivity contribution in [2.75, 3.05) is 0 Å². The average Bonchev–Trinajstić information content (AvgIpc) is 3.44. The molecule has 4 aromatic rings. The number of nitrogens with zero attached hydrogens (tertiary/aromatic N) is 3. The molecule has 7 heteroatoms. The number of halogens is 2. The highest BCUT2D eigenvalue weighted by Crippen LogP contribution is 2.36. The van der Waals surface area contributed by atoms with Crippen molar-refractivity contribution in [2.24, 2.45) is 0 Å². The van der Waals surface area contributed by atoms with Crippen LogP contribution in [0, 0.1) is 0 Å². The van der Waals surface area contributed by atoms with Gasteiger partial charge in [-0.3, -0.25) is 4.79 Å². The Hall–Kier alpha value is -2.70. The highest BCUT2D eigenvalue weighted by Gasteiger charge is 2.23. The van der Waals surface area contributed by atoms with E-state index in [1.807, 2.05) is 54.7 Å². The second-order valence-electron chi connectivity index (χ2n) is 7.76. The lowest BCUT2D eigenvalue weighted by Crippen LogP contribution is -2.32. The Morgan fingerprint density at radius 1 is 1.03 bits per heavy atom. The number of nitrogens with one attached hydrogen (secondary N) is 1. The molecule has 1 fully saturated rings. The van der Waals surface area contributed by atoms with E-state index in [9.17, 15) is 4.79 Å². The Morgan fingerprint density at radius 2 is 1.77 bits per heavy atom. The van der Waals surface area contributed by atoms with E-state index < -0.39 is 0 Å². The van der Waals surface area contributed by atoms with E-state index in [1.54, 1.807) is 10.7 Å². The van der Waals surface area contributed by atoms with Crippen LogP contribution in [-0.2, 0) is 0 Å². The molecule has 0 saturated heterocycles. The summed E-state index contributed by atoms with van der Waals surface area (Å²) in [6, 6.07) is 15.8. The van der Waals surface area contributed by atoms with Gasteiger partial charge in [0.2, 0.25) is 0 Å². The maximum absolute atomic E-state index is 12.9. The molecule has 0 atom stereocenters. The highest BCUT2D eigenvalue weighted by atomic mass is 79.9. The van der Waals surface area contributed by atoms with Crippen molar-refractivity contribution in [1.82, 2.24) is 19.9 Å². The molecule has 0 spiro atoms. The lowest BCUT2D eigenvalue weighted by molar-refractivity contribution is 0.0939. The molecule has 5 rings (SSSR count). The Labute approximate surface area is 193 Å². The molecule has 156 valence electrons. The van der Waals surface area contributed by atoms with Crippen LogP contribution >= 0.6 is 27.5 Å². The summed E-state index contributed by atoms with van der Waals surface area (Å²) in [5, 5.41) is 8.37. The first-order valence-electron chi connectivity index (χ1n) is 10.3. The van der Waals surface area contributed by atoms with Gasteiger partial charge in [0.15, 0.2) is 5.65 Å². The van der Waals surface area contributed by atoms with Gasteiger partial charge >= 0.3 is 0 Å². The van der Waals surface area contributed by atoms with Crippen molar-refractivity contribution < 1.29 is 4.79 Å². The summed E-state index contributed by atoms with van der Waals surface area (Å²) in [5.74, 6) is -0.120. The summed E-state index contributed by atoms with van der Waals surface area (Å²) < 4.78 is 2.71. The van der Waals surface area contributed by atoms with Crippen LogP contribution < -0.4 is 5.32 Å². The molecule has 2 heterocycles. The summed E-state index contributed by atoms with van der Waals surface area (Å²) in [5.41, 5.74) is 4.72. The third-order valence-electron chi connectivity index (χ3n) is 5.74. The van der Waals surface area contributed by atoms with Crippen molar-refractivity contribution in [2.45, 2.75) is 31.7 Å². The average molecular weight is 496 g/mol. The minimum Gasteiger partial charge on any atom is -0.349 e. The summed E-state index contributed by atoms with van der Waals surface area (Å²) in [4.78, 5) is 17.6. The van der Waals surface area contributed by atoms with Crippen LogP contribution in [0.5, 0.6) is 0 Å². The number of amides is 1. The van der Waals surface area contributed by atoms with E-state index in [1.165, 1.54) is 0 Å². The predicted molar refractivity (Wildman–Crippen MR) is 126 cm³/mol. The fraction of sp³-hybridized carbons (Fsp3) is 0.208. The largest absolute Gasteiger partial charge is 0.349 e. The molecule has 1 amide bonds. The molecule has 5 nitrogen and oxygen atoms in total. The Morgan fingerprint density at radius 3 is 2.52 bits per heavy atom. The third-order valence-corrected chi connectivity index (χ3v) is 6.69. The normalized spacial score (nSPS) is 14.3. The van der Waals surface area contributed by atoms with Crippen LogP contribution in [0.1, 0.15) is 36.0 Å². The van der Waals surface area contributed by atoms with E-state index in [4.69, 9.17) is 11.6 Å². The quantitative estimate of drug-likeness (QED) is 0.369. The SMILES string of the molecule is O=C(NC1CCCC1)c1cnn2c(-c3ccc(Cl)cc3)c(-c3ccccc3Br)cnc12. The fourth-order valence-corrected chi connectivity index (χ4v) is 4.81. The van der Waals surface area contributed by atoms with Gasteiger partial charge in [0, 0.05) is 32.9 Å². The zero-order valence-electron chi connectivity index (χ0n) is 16.7. The number of carbonyl (C=O) groups is 1. The summed E-state index contributed by atoms with van der Waals surface area (Å²) in [6.07, 6.45) is 7.80. The van der Waals surface area contributed by atoms with Crippen LogP contribution in [0.4, 0.5) is 0 Å². The zero-order valence-corrected chi connectivity index (χ0v) is 19.0. The molecule has 0 unspecified atom stereocenters. The van der Waals surface area contributed by atoms with Gasteiger partial charge in [-0.05, 0) is 36.6 Å². The maximum Gasteiger partial charge on any atom is 0.256 e. The first-order chi connectivity index (χ1) is 15.1. The number of rotatable bonds is 4. The molecule has 1 saturated carbocycles. The van der Waals surface area contributed by atoms with E-state index >= 15 is 0 Å². The second-order valence-corrected chi connectivity index (χ2v) is 9.05. The number of benzene rings is 2. The summed E-state index contributed by atoms with van der Waals surface area (Å²) in [7, 11) is 0. The van der Waals surface area contributed by atoms with Crippen molar-refractivity contribution in [3.05, 3.63) is 76.0 Å². The van der Waals surface area contributed by atoms with Crippen LogP contribution in [0.3, 0.4) is 0 Å². The van der Waals surface area contributed by atoms with Gasteiger partial charge in [0.1, 0.15) is 5.56 Å². The van der Waals surface area contributed by atoms with Gasteiger partial charge < -0.3 is 5.32 Å². The Bertz CT molecular complexity index is 1260. The molecule has 1 aliphatic carbocycles. The smallest absolute Gasteiger partial charge is 0.256 e. The van der Waals surface area contributed by atoms with E-state index in [0.717, 1.165) is 52.5 Å². The highest BCUT2D eigenvalue weighted by molar-refractivity contribution is 9.10. The second kappa shape index (κ2) is 8.44. The molecule has 1 N–H and O–H groups in total. The van der Waals surface area contributed by atoms with Crippen molar-refractivity contribution >= 4 is 39.1 Å². The summed E-state index contributed by atoms with van der Waals surface area (Å²) in [6.45, 7) is 0. The minimum atomic E-state index is -0.120. The van der Waals surface area contributed by atoms with Gasteiger partial charge in [-0.15, -0.1) is 0 Å². The first kappa shape index (κ1) is 20.2. The van der Waals surface area contributed by atoms with Crippen LogP contribution in [0.2, 0.25) is 5.02 Å². The number of hydrogen-bond donors (Lipinski definition) is 1. The van der Waals surface area contributed by atoms with Crippen molar-refractivity contribution in [1.29, 1.82) is 0 Å². The van der Waals surface area contributed by atoms with E-state index in [2.05, 4.69) is 31.3 Å². The molecule has 0 aliphatic heterocycles. The van der Waals surface area contributed by atoms with Gasteiger partial charge in [0.25, 0.3) is 5.91 Å². The number of hydrogen-bond acceptors (Lipinski definition) is 3. The molecular weight excluding hydrogens is 476 g/mol. The van der Waals surface area contributed by atoms with E-state index in [-0.39, 0.29) is 11.9 Å². The fourth-order valence-electron chi connectivity index (χ4n) is 4.19. The molecule has 0 radical (unpaired) electrons. The van der Waals surface area contributed by atoms with Crippen molar-refractivity contribution in [3.8, 4) is 22.4 Å². The van der Waals surface area contributed by atoms with Crippen molar-refractivity contribution in [3.63, 3.8) is 0 Å². The van der Waals surface area contributed by atoms with Gasteiger partial charge in [-0.2, -0.15) is 5.10 Å². The topological polar surface area (TPSA) is 59.3 Å². The monoisotopic (exact) mass is 494 g/mol. The molecule has 2 aromatic heterocycles. The number of carbonyl (C=O) groups excluding carboxylic acids is 1. The van der Waals surface area contributed by atoms with E-state index in [0.29, 0.717) is 16.2 Å². The van der Waals surface area contributed by atoms with Crippen LogP contribution in [0.15, 0.2) is 65.4 Å². The minimum absolute atomic E-state index is 0.120. The van der Waals surface area contributed by atoms with Gasteiger partial charge in [-0.1, -0.05) is 70.7 Å². The standard InChI is InChI=1S/C24H20BrClN4O/c25-21-8-4-3-7-18(21)19-13-27-23-20(24(31)29-17-5-1-2-6-17)14-28-30(23)22(19)15-9-11-16(26)12-10-15/h3-4,7-14,17H,1-2,5-6H2,(H,29,31). The maximum atomic E-state index is 12.9. The summed E-state index contributed by atoms with van der Waals surface area (Å²) >= 11 is 9.78. The number of aromatic nitrogens is 3. The van der Waals surface area contributed by atoms with Crippen LogP contribution in [0.25, 0.3) is 28.0 Å². The molecular formula is C24H20BrClN4O. The third kappa shape index (κ3) is 3.86. The lowest BCUT2D eigenvalue weighted by Gasteiger charge is -2.14. The Kier molecular flexibility index (Phi) is 5.50. The molecule has 2 aromatic carbocycles. The molecule has 31 heavy (non-hydrogen) atoms.